The minimum absolute atomic E-state index is 0.232. The maximum Gasteiger partial charge on any atom is 0.0973 e. The lowest BCUT2D eigenvalue weighted by molar-refractivity contribution is 0.635. The van der Waals surface area contributed by atoms with E-state index in [-0.39, 0.29) is 4.75 Å². The van der Waals surface area contributed by atoms with Gasteiger partial charge in [0, 0.05) is 6.54 Å². The van der Waals surface area contributed by atoms with Crippen LogP contribution >= 0.6 is 0 Å². The van der Waals surface area contributed by atoms with Crippen molar-refractivity contribution >= 4 is 21.8 Å². The Hall–Kier alpha value is -1.19. The first-order chi connectivity index (χ1) is 8.48. The largest absolute Gasteiger partial charge is 0.242 e. The second kappa shape index (κ2) is 5.21. The Morgan fingerprint density at radius 3 is 2.44 bits per heavy atom. The maximum absolute atomic E-state index is 12.0. The number of hydrogen-bond acceptors (Lipinski definition) is 1. The van der Waals surface area contributed by atoms with Crippen molar-refractivity contribution in [3.8, 4) is 0 Å². The van der Waals surface area contributed by atoms with E-state index < -0.39 is 11.0 Å². The smallest absolute Gasteiger partial charge is 0.0973 e. The van der Waals surface area contributed by atoms with Crippen LogP contribution < -0.4 is 4.72 Å². The molecule has 0 heterocycles. The van der Waals surface area contributed by atoms with Gasteiger partial charge in [0.1, 0.15) is 0 Å². The summed E-state index contributed by atoms with van der Waals surface area (Å²) in [5.74, 6) is 0. The molecule has 1 atom stereocenters. The van der Waals surface area contributed by atoms with Crippen LogP contribution in [0.3, 0.4) is 0 Å². The second-order valence-electron chi connectivity index (χ2n) is 5.34. The van der Waals surface area contributed by atoms with Gasteiger partial charge >= 0.3 is 0 Å². The van der Waals surface area contributed by atoms with Crippen molar-refractivity contribution < 1.29 is 4.21 Å². The fraction of sp³-hybridized carbons (Fsp3) is 0.333. The van der Waals surface area contributed by atoms with Gasteiger partial charge in [-0.1, -0.05) is 42.5 Å². The van der Waals surface area contributed by atoms with Crippen molar-refractivity contribution in [2.45, 2.75) is 32.1 Å². The highest BCUT2D eigenvalue weighted by molar-refractivity contribution is 7.84. The van der Waals surface area contributed by atoms with E-state index in [2.05, 4.69) is 29.0 Å². The van der Waals surface area contributed by atoms with E-state index in [9.17, 15) is 4.21 Å². The van der Waals surface area contributed by atoms with Crippen LogP contribution in [0.25, 0.3) is 10.8 Å². The van der Waals surface area contributed by atoms with Gasteiger partial charge in [0.15, 0.2) is 0 Å². The van der Waals surface area contributed by atoms with Crippen LogP contribution in [0.4, 0.5) is 0 Å². The van der Waals surface area contributed by atoms with Gasteiger partial charge in [-0.15, -0.1) is 0 Å². The van der Waals surface area contributed by atoms with Crippen molar-refractivity contribution in [2.24, 2.45) is 0 Å². The summed E-state index contributed by atoms with van der Waals surface area (Å²) in [6.07, 6.45) is 0. The quantitative estimate of drug-likeness (QED) is 0.901. The molecule has 3 heteroatoms. The normalized spacial score (nSPS) is 13.7. The van der Waals surface area contributed by atoms with Gasteiger partial charge in [-0.3, -0.25) is 0 Å². The second-order valence-corrected chi connectivity index (χ2v) is 7.39. The number of benzene rings is 2. The Labute approximate surface area is 111 Å². The van der Waals surface area contributed by atoms with Gasteiger partial charge in [0.25, 0.3) is 0 Å². The molecule has 0 radical (unpaired) electrons. The molecule has 0 aliphatic heterocycles. The Kier molecular flexibility index (Phi) is 3.83. The first kappa shape index (κ1) is 13.2. The van der Waals surface area contributed by atoms with Crippen molar-refractivity contribution in [1.29, 1.82) is 0 Å². The van der Waals surface area contributed by atoms with Gasteiger partial charge in [0.05, 0.1) is 15.7 Å². The molecule has 0 amide bonds. The Balaban J connectivity index is 2.20. The highest BCUT2D eigenvalue weighted by atomic mass is 32.2. The third-order valence-electron chi connectivity index (χ3n) is 2.83. The minimum Gasteiger partial charge on any atom is -0.242 e. The fourth-order valence-electron chi connectivity index (χ4n) is 1.81. The first-order valence-corrected chi connectivity index (χ1v) is 7.25. The van der Waals surface area contributed by atoms with E-state index in [0.717, 1.165) is 0 Å². The molecule has 0 bridgehead atoms. The molecule has 18 heavy (non-hydrogen) atoms. The number of rotatable bonds is 3. The zero-order valence-electron chi connectivity index (χ0n) is 11.1. The molecular weight excluding hydrogens is 242 g/mol. The summed E-state index contributed by atoms with van der Waals surface area (Å²) in [4.78, 5) is 0. The summed E-state index contributed by atoms with van der Waals surface area (Å²) in [5.41, 5.74) is 1.19. The van der Waals surface area contributed by atoms with E-state index >= 15 is 0 Å². The van der Waals surface area contributed by atoms with Gasteiger partial charge in [-0.05, 0) is 37.1 Å². The summed E-state index contributed by atoms with van der Waals surface area (Å²) in [6.45, 7) is 6.54. The summed E-state index contributed by atoms with van der Waals surface area (Å²) in [6, 6.07) is 14.5. The topological polar surface area (TPSA) is 29.1 Å². The molecule has 1 unspecified atom stereocenters. The van der Waals surface area contributed by atoms with E-state index in [4.69, 9.17) is 0 Å². The lowest BCUT2D eigenvalue weighted by atomic mass is 10.1. The predicted octanol–water partition coefficient (Wildman–Crippen LogP) is 3.39. The van der Waals surface area contributed by atoms with Crippen LogP contribution in [0.1, 0.15) is 26.3 Å². The van der Waals surface area contributed by atoms with Crippen LogP contribution in [-0.2, 0) is 17.5 Å². The van der Waals surface area contributed by atoms with Crippen molar-refractivity contribution in [1.82, 2.24) is 4.72 Å². The van der Waals surface area contributed by atoms with Gasteiger partial charge < -0.3 is 0 Å². The molecule has 2 rings (SSSR count). The molecule has 0 fully saturated rings. The molecule has 0 aliphatic rings. The molecule has 1 N–H and O–H groups in total. The van der Waals surface area contributed by atoms with E-state index in [1.165, 1.54) is 16.3 Å². The third-order valence-corrected chi connectivity index (χ3v) is 4.35. The Morgan fingerprint density at radius 2 is 1.72 bits per heavy atom. The fourth-order valence-corrected chi connectivity index (χ4v) is 2.53. The minimum atomic E-state index is -1.03. The zero-order valence-corrected chi connectivity index (χ0v) is 11.9. The molecule has 2 aromatic rings. The Bertz CT molecular complexity index is 567. The van der Waals surface area contributed by atoms with E-state index in [1.807, 2.05) is 39.0 Å². The van der Waals surface area contributed by atoms with Crippen molar-refractivity contribution in [3.05, 3.63) is 48.0 Å². The average molecular weight is 261 g/mol. The summed E-state index contributed by atoms with van der Waals surface area (Å²) < 4.78 is 14.8. The van der Waals surface area contributed by atoms with E-state index in [1.54, 1.807) is 0 Å². The maximum atomic E-state index is 12.0. The van der Waals surface area contributed by atoms with E-state index in [0.29, 0.717) is 6.54 Å². The molecular formula is C15H19NOS. The van der Waals surface area contributed by atoms with Crippen molar-refractivity contribution in [2.75, 3.05) is 0 Å². The summed E-state index contributed by atoms with van der Waals surface area (Å²) >= 11 is 0. The number of fused-ring (bicyclic) bond motifs is 1. The standard InChI is InChI=1S/C15H19NOS/c1-15(2,3)18(17)16-11-13-9-6-8-12-7-4-5-10-14(12)13/h4-10,16H,11H2,1-3H3. The molecule has 0 aliphatic carbocycles. The molecule has 96 valence electrons. The van der Waals surface area contributed by atoms with Crippen LogP contribution in [0, 0.1) is 0 Å². The number of hydrogen-bond donors (Lipinski definition) is 1. The van der Waals surface area contributed by atoms with Crippen molar-refractivity contribution in [3.63, 3.8) is 0 Å². The summed E-state index contributed by atoms with van der Waals surface area (Å²) in [7, 11) is -1.03. The average Bonchev–Trinajstić information content (AvgIpc) is 2.34. The zero-order chi connectivity index (χ0) is 13.2. The SMILES string of the molecule is CC(C)(C)S(=O)NCc1cccc2ccccc12. The Morgan fingerprint density at radius 1 is 1.06 bits per heavy atom. The molecule has 0 saturated heterocycles. The van der Waals surface area contributed by atoms with Crippen LogP contribution in [0.2, 0.25) is 0 Å². The van der Waals surface area contributed by atoms with Gasteiger partial charge in [0.2, 0.25) is 0 Å². The lowest BCUT2D eigenvalue weighted by Crippen LogP contribution is -2.32. The molecule has 0 saturated carbocycles. The lowest BCUT2D eigenvalue weighted by Gasteiger charge is -2.18. The highest BCUT2D eigenvalue weighted by Crippen LogP contribution is 2.19. The summed E-state index contributed by atoms with van der Waals surface area (Å²) in [5, 5.41) is 2.44. The van der Waals surface area contributed by atoms with Crippen LogP contribution in [-0.4, -0.2) is 8.96 Å². The highest BCUT2D eigenvalue weighted by Gasteiger charge is 2.19. The predicted molar refractivity (Wildman–Crippen MR) is 78.7 cm³/mol. The molecule has 2 nitrogen and oxygen atoms in total. The molecule has 0 aromatic heterocycles. The monoisotopic (exact) mass is 261 g/mol. The van der Waals surface area contributed by atoms with Gasteiger partial charge in [-0.25, -0.2) is 8.93 Å². The van der Waals surface area contributed by atoms with Crippen LogP contribution in [0.5, 0.6) is 0 Å². The molecule has 0 spiro atoms. The third kappa shape index (κ3) is 2.98. The molecule has 2 aromatic carbocycles. The number of nitrogens with one attached hydrogen (secondary N) is 1. The first-order valence-electron chi connectivity index (χ1n) is 6.10. The van der Waals surface area contributed by atoms with Crippen LogP contribution in [0.15, 0.2) is 42.5 Å². The van der Waals surface area contributed by atoms with Gasteiger partial charge in [-0.2, -0.15) is 0 Å².